The third kappa shape index (κ3) is 3.91. The lowest BCUT2D eigenvalue weighted by atomic mass is 10.2. The summed E-state index contributed by atoms with van der Waals surface area (Å²) in [6.07, 6.45) is 0. The number of carbonyl (C=O) groups is 1. The Hall–Kier alpha value is -3.13. The van der Waals surface area contributed by atoms with Crippen LogP contribution in [0.25, 0.3) is 5.69 Å². The summed E-state index contributed by atoms with van der Waals surface area (Å²) in [5, 5.41) is 16.9. The highest BCUT2D eigenvalue weighted by atomic mass is 32.2. The van der Waals surface area contributed by atoms with Crippen LogP contribution in [0.4, 0.5) is 5.69 Å². The maximum absolute atomic E-state index is 12.5. The van der Waals surface area contributed by atoms with E-state index < -0.39 is 15.7 Å². The van der Waals surface area contributed by atoms with E-state index in [1.807, 2.05) is 19.9 Å². The molecule has 8 heteroatoms. The van der Waals surface area contributed by atoms with E-state index in [1.165, 1.54) is 25.1 Å². The number of amides is 1. The van der Waals surface area contributed by atoms with E-state index >= 15 is 0 Å². The molecule has 3 aromatic rings. The molecule has 0 unspecified atom stereocenters. The predicted molar refractivity (Wildman–Crippen MR) is 107 cm³/mol. The molecule has 0 saturated heterocycles. The Morgan fingerprint density at radius 3 is 2.36 bits per heavy atom. The molecule has 1 aromatic heterocycles. The molecule has 0 saturated carbocycles. The lowest BCUT2D eigenvalue weighted by Crippen LogP contribution is -2.13. The summed E-state index contributed by atoms with van der Waals surface area (Å²) in [4.78, 5) is 12.6. The van der Waals surface area contributed by atoms with Crippen LogP contribution in [0.15, 0.2) is 53.4 Å². The second-order valence-corrected chi connectivity index (χ2v) is 8.70. The molecule has 7 nitrogen and oxygen atoms in total. The summed E-state index contributed by atoms with van der Waals surface area (Å²) >= 11 is 0. The van der Waals surface area contributed by atoms with Crippen LogP contribution in [0.3, 0.4) is 0 Å². The third-order valence-electron chi connectivity index (χ3n) is 4.34. The van der Waals surface area contributed by atoms with Crippen LogP contribution in [0.2, 0.25) is 0 Å². The average molecular weight is 399 g/mol. The second kappa shape index (κ2) is 7.47. The number of hydrogen-bond acceptors (Lipinski definition) is 5. The van der Waals surface area contributed by atoms with E-state index in [1.54, 1.807) is 28.9 Å². The maximum atomic E-state index is 12.5. The number of aromatic hydroxyl groups is 1. The van der Waals surface area contributed by atoms with Crippen LogP contribution < -0.4 is 5.32 Å². The Morgan fingerprint density at radius 2 is 1.79 bits per heavy atom. The highest BCUT2D eigenvalue weighted by molar-refractivity contribution is 7.91. The molecule has 0 atom stereocenters. The molecule has 0 radical (unpaired) electrons. The van der Waals surface area contributed by atoms with Crippen LogP contribution >= 0.6 is 0 Å². The predicted octanol–water partition coefficient (Wildman–Crippen LogP) is 3.24. The molecule has 0 spiro atoms. The number of phenols is 1. The van der Waals surface area contributed by atoms with Gasteiger partial charge in [-0.1, -0.05) is 6.92 Å². The van der Waals surface area contributed by atoms with Crippen molar-refractivity contribution in [2.45, 2.75) is 25.7 Å². The summed E-state index contributed by atoms with van der Waals surface area (Å²) in [7, 11) is -3.45. The molecule has 0 fully saturated rings. The van der Waals surface area contributed by atoms with Gasteiger partial charge in [-0.05, 0) is 62.4 Å². The zero-order valence-electron chi connectivity index (χ0n) is 15.8. The number of benzene rings is 2. The van der Waals surface area contributed by atoms with Crippen molar-refractivity contribution >= 4 is 21.4 Å². The minimum Gasteiger partial charge on any atom is -0.506 e. The van der Waals surface area contributed by atoms with Gasteiger partial charge >= 0.3 is 0 Å². The number of rotatable bonds is 5. The van der Waals surface area contributed by atoms with Crippen molar-refractivity contribution in [3.63, 3.8) is 0 Å². The zero-order chi connectivity index (χ0) is 20.5. The molecule has 0 aliphatic rings. The summed E-state index contributed by atoms with van der Waals surface area (Å²) < 4.78 is 25.8. The largest absolute Gasteiger partial charge is 0.506 e. The quantitative estimate of drug-likeness (QED) is 0.642. The molecule has 1 amide bonds. The average Bonchev–Trinajstić information content (AvgIpc) is 3.01. The van der Waals surface area contributed by atoms with Crippen molar-refractivity contribution in [1.29, 1.82) is 0 Å². The number of aryl methyl sites for hydroxylation is 2. The number of nitrogens with one attached hydrogen (secondary N) is 1. The van der Waals surface area contributed by atoms with Gasteiger partial charge < -0.3 is 10.4 Å². The standard InChI is InChI=1S/C20H21N3O4S/c1-4-28(26,27)17-9-10-19(24)18(12-17)21-20(25)15-5-7-16(8-6-15)23-14(3)11-13(2)22-23/h5-12,24H,4H2,1-3H3,(H,21,25). The number of phenolic OH excluding ortho intramolecular Hbond substituents is 1. The molecule has 28 heavy (non-hydrogen) atoms. The number of sulfone groups is 1. The summed E-state index contributed by atoms with van der Waals surface area (Å²) in [6.45, 7) is 5.39. The lowest BCUT2D eigenvalue weighted by molar-refractivity contribution is 0.102. The van der Waals surface area contributed by atoms with E-state index in [0.29, 0.717) is 5.56 Å². The SMILES string of the molecule is CCS(=O)(=O)c1ccc(O)c(NC(=O)c2ccc(-n3nc(C)cc3C)cc2)c1. The van der Waals surface area contributed by atoms with E-state index in [4.69, 9.17) is 0 Å². The minimum absolute atomic E-state index is 0.0437. The highest BCUT2D eigenvalue weighted by Gasteiger charge is 2.16. The monoisotopic (exact) mass is 399 g/mol. The van der Waals surface area contributed by atoms with Gasteiger partial charge in [0.15, 0.2) is 9.84 Å². The molecule has 2 aromatic carbocycles. The molecule has 1 heterocycles. The van der Waals surface area contributed by atoms with Gasteiger partial charge in [0.25, 0.3) is 5.91 Å². The van der Waals surface area contributed by atoms with Gasteiger partial charge in [-0.25, -0.2) is 13.1 Å². The number of anilines is 1. The summed E-state index contributed by atoms with van der Waals surface area (Å²) in [5.74, 6) is -0.734. The Labute approximate surface area is 163 Å². The molecule has 0 aliphatic carbocycles. The minimum atomic E-state index is -3.45. The fourth-order valence-electron chi connectivity index (χ4n) is 2.81. The van der Waals surface area contributed by atoms with Crippen LogP contribution in [0.1, 0.15) is 28.7 Å². The number of hydrogen-bond donors (Lipinski definition) is 2. The van der Waals surface area contributed by atoms with Gasteiger partial charge in [-0.15, -0.1) is 0 Å². The van der Waals surface area contributed by atoms with Crippen molar-refractivity contribution in [3.8, 4) is 11.4 Å². The fourth-order valence-corrected chi connectivity index (χ4v) is 3.72. The third-order valence-corrected chi connectivity index (χ3v) is 6.07. The van der Waals surface area contributed by atoms with Crippen molar-refractivity contribution in [2.75, 3.05) is 11.1 Å². The zero-order valence-corrected chi connectivity index (χ0v) is 16.6. The second-order valence-electron chi connectivity index (χ2n) is 6.42. The molecule has 3 rings (SSSR count). The topological polar surface area (TPSA) is 101 Å². The first-order chi connectivity index (χ1) is 13.2. The van der Waals surface area contributed by atoms with Crippen LogP contribution in [0, 0.1) is 13.8 Å². The van der Waals surface area contributed by atoms with E-state index in [0.717, 1.165) is 17.1 Å². The van der Waals surface area contributed by atoms with E-state index in [9.17, 15) is 18.3 Å². The highest BCUT2D eigenvalue weighted by Crippen LogP contribution is 2.27. The molecule has 146 valence electrons. The normalized spacial score (nSPS) is 11.4. The van der Waals surface area contributed by atoms with E-state index in [-0.39, 0.29) is 22.1 Å². The molecular formula is C20H21N3O4S. The molecule has 0 aliphatic heterocycles. The summed E-state index contributed by atoms with van der Waals surface area (Å²) in [5.41, 5.74) is 3.11. The van der Waals surface area contributed by atoms with Crippen LogP contribution in [-0.2, 0) is 9.84 Å². The Bertz CT molecular complexity index is 1130. The maximum Gasteiger partial charge on any atom is 0.255 e. The Morgan fingerprint density at radius 1 is 1.11 bits per heavy atom. The van der Waals surface area contributed by atoms with Gasteiger partial charge in [-0.3, -0.25) is 4.79 Å². The first kappa shape index (κ1) is 19.6. The first-order valence-electron chi connectivity index (χ1n) is 8.72. The van der Waals surface area contributed by atoms with Crippen molar-refractivity contribution in [3.05, 3.63) is 65.5 Å². The number of aromatic nitrogens is 2. The van der Waals surface area contributed by atoms with Crippen molar-refractivity contribution in [1.82, 2.24) is 9.78 Å². The fraction of sp³-hybridized carbons (Fsp3) is 0.200. The van der Waals surface area contributed by atoms with Gasteiger partial charge in [-0.2, -0.15) is 5.10 Å². The first-order valence-corrected chi connectivity index (χ1v) is 10.4. The number of carbonyl (C=O) groups excluding carboxylic acids is 1. The van der Waals surface area contributed by atoms with Crippen LogP contribution in [-0.4, -0.2) is 35.0 Å². The van der Waals surface area contributed by atoms with Crippen molar-refractivity contribution < 1.29 is 18.3 Å². The van der Waals surface area contributed by atoms with Crippen LogP contribution in [0.5, 0.6) is 5.75 Å². The Kier molecular flexibility index (Phi) is 5.24. The number of nitrogens with zero attached hydrogens (tertiary/aromatic N) is 2. The van der Waals surface area contributed by atoms with Gasteiger partial charge in [0.1, 0.15) is 5.75 Å². The lowest BCUT2D eigenvalue weighted by Gasteiger charge is -2.10. The van der Waals surface area contributed by atoms with E-state index in [2.05, 4.69) is 10.4 Å². The Balaban J connectivity index is 1.84. The molecule has 0 bridgehead atoms. The summed E-state index contributed by atoms with van der Waals surface area (Å²) in [6, 6.07) is 12.6. The van der Waals surface area contributed by atoms with Gasteiger partial charge in [0.05, 0.1) is 27.7 Å². The molecule has 2 N–H and O–H groups in total. The van der Waals surface area contributed by atoms with Gasteiger partial charge in [0, 0.05) is 11.3 Å². The van der Waals surface area contributed by atoms with Gasteiger partial charge in [0.2, 0.25) is 0 Å². The smallest absolute Gasteiger partial charge is 0.255 e. The van der Waals surface area contributed by atoms with Crippen molar-refractivity contribution in [2.24, 2.45) is 0 Å². The molecular weight excluding hydrogens is 378 g/mol.